The smallest absolute Gasteiger partial charge is 0.296 e. The third-order valence-electron chi connectivity index (χ3n) is 2.40. The average Bonchev–Trinajstić information content (AvgIpc) is 2.43. The minimum Gasteiger partial charge on any atom is -0.493 e. The Hall–Kier alpha value is -1.73. The maximum absolute atomic E-state index is 11.0. The Kier molecular flexibility index (Phi) is 5.65. The number of nitrogens with zero attached hydrogens (tertiary/aromatic N) is 1. The molecule has 0 aliphatic carbocycles. The molecule has 0 fully saturated rings. The molecule has 2 N–H and O–H groups in total. The van der Waals surface area contributed by atoms with Crippen LogP contribution in [0.5, 0.6) is 11.5 Å². The number of anilines is 1. The molecule has 0 saturated heterocycles. The molecule has 0 heterocycles. The molecule has 1 atom stereocenters. The number of nitro benzene ring substituents is 1. The number of benzene rings is 1. The molecule has 0 radical (unpaired) electrons. The maximum atomic E-state index is 11.0. The van der Waals surface area contributed by atoms with Crippen molar-refractivity contribution >= 4 is 23.0 Å². The van der Waals surface area contributed by atoms with E-state index < -0.39 is 11.0 Å². The van der Waals surface area contributed by atoms with Crippen LogP contribution in [-0.4, -0.2) is 42.8 Å². The fourth-order valence-electron chi connectivity index (χ4n) is 1.44. The van der Waals surface area contributed by atoms with Gasteiger partial charge in [0, 0.05) is 12.6 Å². The Morgan fingerprint density at radius 1 is 1.42 bits per heavy atom. The second-order valence-electron chi connectivity index (χ2n) is 3.67. The van der Waals surface area contributed by atoms with Crippen LogP contribution in [0.1, 0.15) is 0 Å². The SMILES string of the molecule is COc1cc(NCC(O)CCl)c([N+](=O)[O-])cc1OC. The van der Waals surface area contributed by atoms with Gasteiger partial charge in [0.25, 0.3) is 5.69 Å². The van der Waals surface area contributed by atoms with Gasteiger partial charge >= 0.3 is 0 Å². The molecular formula is C11H15ClN2O5. The van der Waals surface area contributed by atoms with Crippen molar-refractivity contribution in [2.45, 2.75) is 6.10 Å². The van der Waals surface area contributed by atoms with Crippen LogP contribution in [0, 0.1) is 10.1 Å². The fraction of sp³-hybridized carbons (Fsp3) is 0.455. The summed E-state index contributed by atoms with van der Waals surface area (Å²) in [6, 6.07) is 2.70. The number of nitro groups is 1. The van der Waals surface area contributed by atoms with Crippen LogP contribution in [0.3, 0.4) is 0 Å². The normalized spacial score (nSPS) is 11.8. The Labute approximate surface area is 115 Å². The third kappa shape index (κ3) is 3.87. The monoisotopic (exact) mass is 290 g/mol. The molecule has 0 aliphatic heterocycles. The summed E-state index contributed by atoms with van der Waals surface area (Å²) < 4.78 is 10.1. The van der Waals surface area contributed by atoms with Gasteiger partial charge in [-0.25, -0.2) is 0 Å². The lowest BCUT2D eigenvalue weighted by Crippen LogP contribution is -2.21. The summed E-state index contributed by atoms with van der Waals surface area (Å²) in [5.41, 5.74) is 0.0613. The summed E-state index contributed by atoms with van der Waals surface area (Å²) in [5, 5.41) is 23.1. The summed E-state index contributed by atoms with van der Waals surface area (Å²) in [6.45, 7) is 0.0970. The molecular weight excluding hydrogens is 276 g/mol. The summed E-state index contributed by atoms with van der Waals surface area (Å²) in [7, 11) is 2.83. The number of aliphatic hydroxyl groups is 1. The number of alkyl halides is 1. The molecule has 106 valence electrons. The van der Waals surface area contributed by atoms with E-state index in [1.807, 2.05) is 0 Å². The molecule has 8 heteroatoms. The van der Waals surface area contributed by atoms with E-state index >= 15 is 0 Å². The number of halogens is 1. The highest BCUT2D eigenvalue weighted by atomic mass is 35.5. The first-order valence-corrected chi connectivity index (χ1v) is 5.95. The van der Waals surface area contributed by atoms with Gasteiger partial charge < -0.3 is 19.9 Å². The molecule has 0 aliphatic rings. The van der Waals surface area contributed by atoms with Crippen LogP contribution in [-0.2, 0) is 0 Å². The topological polar surface area (TPSA) is 93.9 Å². The van der Waals surface area contributed by atoms with Gasteiger partial charge in [0.1, 0.15) is 5.69 Å². The Morgan fingerprint density at radius 3 is 2.47 bits per heavy atom. The van der Waals surface area contributed by atoms with Crippen molar-refractivity contribution in [2.75, 3.05) is 32.0 Å². The van der Waals surface area contributed by atoms with Gasteiger partial charge in [-0.1, -0.05) is 0 Å². The van der Waals surface area contributed by atoms with Crippen LogP contribution in [0.25, 0.3) is 0 Å². The van der Waals surface area contributed by atoms with Gasteiger partial charge in [0.2, 0.25) is 0 Å². The first-order valence-electron chi connectivity index (χ1n) is 5.41. The second kappa shape index (κ2) is 7.01. The average molecular weight is 291 g/mol. The summed E-state index contributed by atoms with van der Waals surface area (Å²) in [5.74, 6) is 0.655. The molecule has 19 heavy (non-hydrogen) atoms. The second-order valence-corrected chi connectivity index (χ2v) is 3.98. The van der Waals surface area contributed by atoms with Crippen LogP contribution in [0.4, 0.5) is 11.4 Å². The van der Waals surface area contributed by atoms with Gasteiger partial charge in [-0.15, -0.1) is 11.6 Å². The Balaban J connectivity index is 3.09. The van der Waals surface area contributed by atoms with Crippen LogP contribution in [0.15, 0.2) is 12.1 Å². The quantitative estimate of drug-likeness (QED) is 0.450. The minimum atomic E-state index is -0.797. The van der Waals surface area contributed by atoms with Gasteiger partial charge in [0.05, 0.1) is 37.2 Å². The van der Waals surface area contributed by atoms with Gasteiger partial charge in [-0.2, -0.15) is 0 Å². The van der Waals surface area contributed by atoms with E-state index in [1.54, 1.807) is 0 Å². The van der Waals surface area contributed by atoms with E-state index in [1.165, 1.54) is 26.4 Å². The number of hydrogen-bond acceptors (Lipinski definition) is 6. The molecule has 0 spiro atoms. The van der Waals surface area contributed by atoms with Crippen molar-refractivity contribution in [3.8, 4) is 11.5 Å². The van der Waals surface area contributed by atoms with Crippen molar-refractivity contribution < 1.29 is 19.5 Å². The van der Waals surface area contributed by atoms with E-state index in [0.29, 0.717) is 5.75 Å². The molecule has 0 saturated carbocycles. The first kappa shape index (κ1) is 15.3. The van der Waals surface area contributed by atoms with Crippen molar-refractivity contribution in [2.24, 2.45) is 0 Å². The predicted molar refractivity (Wildman–Crippen MR) is 71.4 cm³/mol. The highest BCUT2D eigenvalue weighted by Gasteiger charge is 2.19. The summed E-state index contributed by atoms with van der Waals surface area (Å²) in [4.78, 5) is 10.4. The summed E-state index contributed by atoms with van der Waals surface area (Å²) in [6.07, 6.45) is -0.797. The lowest BCUT2D eigenvalue weighted by atomic mass is 10.2. The lowest BCUT2D eigenvalue weighted by molar-refractivity contribution is -0.384. The number of ether oxygens (including phenoxy) is 2. The fourth-order valence-corrected chi connectivity index (χ4v) is 1.55. The zero-order chi connectivity index (χ0) is 14.4. The largest absolute Gasteiger partial charge is 0.493 e. The van der Waals surface area contributed by atoms with Crippen molar-refractivity contribution in [3.63, 3.8) is 0 Å². The lowest BCUT2D eigenvalue weighted by Gasteiger charge is -2.13. The molecule has 0 aromatic heterocycles. The van der Waals surface area contributed by atoms with E-state index in [-0.39, 0.29) is 29.5 Å². The standard InChI is InChI=1S/C11H15ClN2O5/c1-18-10-3-8(13-6-7(15)5-12)9(14(16)17)4-11(10)19-2/h3-4,7,13,15H,5-6H2,1-2H3. The summed E-state index contributed by atoms with van der Waals surface area (Å²) >= 11 is 5.46. The van der Waals surface area contributed by atoms with Crippen molar-refractivity contribution in [1.29, 1.82) is 0 Å². The molecule has 7 nitrogen and oxygen atoms in total. The van der Waals surface area contributed by atoms with Crippen LogP contribution in [0.2, 0.25) is 0 Å². The molecule has 0 bridgehead atoms. The highest BCUT2D eigenvalue weighted by Crippen LogP contribution is 2.37. The van der Waals surface area contributed by atoms with E-state index in [9.17, 15) is 15.2 Å². The molecule has 1 aromatic rings. The molecule has 0 amide bonds. The number of methoxy groups -OCH3 is 2. The van der Waals surface area contributed by atoms with E-state index in [0.717, 1.165) is 0 Å². The van der Waals surface area contributed by atoms with Crippen LogP contribution < -0.4 is 14.8 Å². The number of hydrogen-bond donors (Lipinski definition) is 2. The van der Waals surface area contributed by atoms with Gasteiger partial charge in [0.15, 0.2) is 11.5 Å². The van der Waals surface area contributed by atoms with Gasteiger partial charge in [-0.3, -0.25) is 10.1 Å². The number of rotatable bonds is 7. The maximum Gasteiger partial charge on any atom is 0.296 e. The Bertz CT molecular complexity index is 455. The van der Waals surface area contributed by atoms with Crippen molar-refractivity contribution in [1.82, 2.24) is 0 Å². The first-order chi connectivity index (χ1) is 9.03. The predicted octanol–water partition coefficient (Wildman–Crippen LogP) is 1.62. The Morgan fingerprint density at radius 2 is 2.00 bits per heavy atom. The minimum absolute atomic E-state index is 0.0358. The van der Waals surface area contributed by atoms with Crippen molar-refractivity contribution in [3.05, 3.63) is 22.2 Å². The third-order valence-corrected chi connectivity index (χ3v) is 2.76. The zero-order valence-electron chi connectivity index (χ0n) is 10.6. The number of nitrogens with one attached hydrogen (secondary N) is 1. The zero-order valence-corrected chi connectivity index (χ0v) is 11.3. The highest BCUT2D eigenvalue weighted by molar-refractivity contribution is 6.18. The molecule has 1 unspecified atom stereocenters. The molecule has 1 aromatic carbocycles. The number of aliphatic hydroxyl groups excluding tert-OH is 1. The van der Waals surface area contributed by atoms with E-state index in [2.05, 4.69) is 5.32 Å². The van der Waals surface area contributed by atoms with Crippen LogP contribution >= 0.6 is 11.6 Å². The molecule has 1 rings (SSSR count). The van der Waals surface area contributed by atoms with Gasteiger partial charge in [-0.05, 0) is 0 Å². The van der Waals surface area contributed by atoms with E-state index in [4.69, 9.17) is 21.1 Å².